The van der Waals surface area contributed by atoms with Crippen molar-refractivity contribution in [3.05, 3.63) is 54.1 Å². The Morgan fingerprint density at radius 1 is 1.62 bits per heavy atom. The summed E-state index contributed by atoms with van der Waals surface area (Å²) in [7, 11) is 0. The Morgan fingerprint density at radius 3 is 3.23 bits per heavy atom. The highest BCUT2D eigenvalue weighted by Crippen LogP contribution is 2.00. The van der Waals surface area contributed by atoms with Crippen LogP contribution in [0.2, 0.25) is 0 Å². The number of carboxylic acid groups (broad SMARTS) is 1. The molecule has 0 fully saturated rings. The van der Waals surface area contributed by atoms with Crippen LogP contribution in [0.5, 0.6) is 0 Å². The predicted octanol–water partition coefficient (Wildman–Crippen LogP) is 2.34. The third-order valence-electron chi connectivity index (χ3n) is 1.17. The van der Waals surface area contributed by atoms with Crippen LogP contribution in [0.15, 0.2) is 48.5 Å². The number of rotatable bonds is 3. The molecule has 0 aliphatic carbocycles. The maximum absolute atomic E-state index is 10.3. The van der Waals surface area contributed by atoms with E-state index >= 15 is 0 Å². The molecule has 2 heteroatoms. The van der Waals surface area contributed by atoms with Crippen LogP contribution in [-0.4, -0.2) is 11.1 Å². The SMILES string of the molecule is [3H]C(C=CC(=O)O)=C([3H])c1cccc([3H])c1[3H]. The van der Waals surface area contributed by atoms with Crippen LogP contribution in [0.3, 0.4) is 0 Å². The minimum Gasteiger partial charge on any atom is -0.478 e. The van der Waals surface area contributed by atoms with Crippen molar-refractivity contribution in [2.24, 2.45) is 0 Å². The first-order chi connectivity index (χ1) is 7.93. The first kappa shape index (κ1) is 5.02. The average molecular weight is 182 g/mol. The minimum absolute atomic E-state index is 0.0396. The lowest BCUT2D eigenvalue weighted by Crippen LogP contribution is -1.84. The maximum atomic E-state index is 10.3. The number of hydrogen-bond acceptors (Lipinski definition) is 1. The van der Waals surface area contributed by atoms with Gasteiger partial charge in [-0.2, -0.15) is 0 Å². The number of benzene rings is 1. The van der Waals surface area contributed by atoms with Gasteiger partial charge in [0.05, 0.1) is 5.48 Å². The average Bonchev–Trinajstić information content (AvgIpc) is 2.28. The summed E-state index contributed by atoms with van der Waals surface area (Å²) in [5.41, 5.74) is 0.137. The second-order valence-electron chi connectivity index (χ2n) is 2.15. The summed E-state index contributed by atoms with van der Waals surface area (Å²) < 4.78 is 30.1. The van der Waals surface area contributed by atoms with Crippen molar-refractivity contribution in [3.63, 3.8) is 0 Å². The summed E-state index contributed by atoms with van der Waals surface area (Å²) in [6, 6.07) is 3.60. The zero-order chi connectivity index (χ0) is 13.0. The van der Waals surface area contributed by atoms with E-state index in [1.54, 1.807) is 0 Å². The fourth-order valence-electron chi connectivity index (χ4n) is 0.659. The van der Waals surface area contributed by atoms with Crippen LogP contribution >= 0.6 is 0 Å². The van der Waals surface area contributed by atoms with E-state index in [9.17, 15) is 4.79 Å². The van der Waals surface area contributed by atoms with Crippen LogP contribution < -0.4 is 0 Å². The molecule has 1 aromatic carbocycles. The molecule has 0 bridgehead atoms. The van der Waals surface area contributed by atoms with E-state index in [1.165, 1.54) is 18.2 Å². The first-order valence-corrected chi connectivity index (χ1v) is 3.58. The van der Waals surface area contributed by atoms with E-state index in [1.807, 2.05) is 0 Å². The lowest BCUT2D eigenvalue weighted by molar-refractivity contribution is -0.131. The highest BCUT2D eigenvalue weighted by atomic mass is 16.4. The molecular weight excluding hydrogens is 164 g/mol. The van der Waals surface area contributed by atoms with Gasteiger partial charge >= 0.3 is 5.97 Å². The summed E-state index contributed by atoms with van der Waals surface area (Å²) in [5, 5.41) is 8.39. The Kier molecular flexibility index (Phi) is 1.90. The summed E-state index contributed by atoms with van der Waals surface area (Å²) >= 11 is 0. The molecule has 0 aromatic heterocycles. The molecule has 2 nitrogen and oxygen atoms in total. The molecular formula is C11H10O2. The van der Waals surface area contributed by atoms with Gasteiger partial charge < -0.3 is 5.11 Å². The lowest BCUT2D eigenvalue weighted by Gasteiger charge is -1.87. The molecule has 1 aromatic rings. The van der Waals surface area contributed by atoms with Crippen molar-refractivity contribution < 1.29 is 15.4 Å². The van der Waals surface area contributed by atoms with E-state index in [-0.39, 0.29) is 29.8 Å². The van der Waals surface area contributed by atoms with Gasteiger partial charge in [-0.15, -0.1) is 0 Å². The molecule has 0 heterocycles. The van der Waals surface area contributed by atoms with Gasteiger partial charge in [0.15, 0.2) is 0 Å². The Bertz CT molecular complexity index is 506. The van der Waals surface area contributed by atoms with Crippen molar-refractivity contribution >= 4 is 12.0 Å². The highest BCUT2D eigenvalue weighted by molar-refractivity contribution is 5.80. The van der Waals surface area contributed by atoms with Crippen molar-refractivity contribution in [2.45, 2.75) is 0 Å². The Labute approximate surface area is 82.5 Å². The lowest BCUT2D eigenvalue weighted by atomic mass is 10.2. The Balaban J connectivity index is 3.19. The largest absolute Gasteiger partial charge is 0.478 e. The van der Waals surface area contributed by atoms with Gasteiger partial charge in [0.2, 0.25) is 0 Å². The topological polar surface area (TPSA) is 37.3 Å². The number of hydrogen-bond donors (Lipinski definition) is 1. The Morgan fingerprint density at radius 2 is 2.46 bits per heavy atom. The van der Waals surface area contributed by atoms with Gasteiger partial charge in [0.25, 0.3) is 0 Å². The molecule has 0 unspecified atom stereocenters. The zero-order valence-corrected chi connectivity index (χ0v) is 6.74. The summed E-state index contributed by atoms with van der Waals surface area (Å²) in [6.45, 7) is 0. The molecule has 0 radical (unpaired) electrons. The third-order valence-corrected chi connectivity index (χ3v) is 1.17. The van der Waals surface area contributed by atoms with Gasteiger partial charge in [0.1, 0.15) is 0 Å². The van der Waals surface area contributed by atoms with E-state index in [4.69, 9.17) is 10.6 Å². The van der Waals surface area contributed by atoms with Gasteiger partial charge in [-0.1, -0.05) is 48.5 Å². The summed E-state index contributed by atoms with van der Waals surface area (Å²) in [4.78, 5) is 10.3. The van der Waals surface area contributed by atoms with Gasteiger partial charge in [-0.3, -0.25) is 0 Å². The molecule has 0 aliphatic heterocycles. The predicted molar refractivity (Wildman–Crippen MR) is 52.3 cm³/mol. The van der Waals surface area contributed by atoms with Gasteiger partial charge in [0, 0.05) is 6.08 Å². The van der Waals surface area contributed by atoms with Crippen molar-refractivity contribution in [1.29, 1.82) is 0 Å². The summed E-state index contributed by atoms with van der Waals surface area (Å²) in [6.07, 6.45) is 1.73. The van der Waals surface area contributed by atoms with Crippen molar-refractivity contribution in [1.82, 2.24) is 0 Å². The smallest absolute Gasteiger partial charge is 0.328 e. The standard InChI is InChI=1S/C11H10O2/c12-11(13)9-5-4-8-10-6-2-1-3-7-10/h1-9H,(H,12,13)/i2T,4T,6T,8T. The van der Waals surface area contributed by atoms with Crippen LogP contribution in [0, 0.1) is 0 Å². The van der Waals surface area contributed by atoms with Crippen LogP contribution in [0.1, 0.15) is 11.0 Å². The van der Waals surface area contributed by atoms with E-state index in [0.717, 1.165) is 12.2 Å². The molecule has 0 spiro atoms. The number of carboxylic acids is 1. The molecule has 13 heavy (non-hydrogen) atoms. The van der Waals surface area contributed by atoms with Gasteiger partial charge in [-0.05, 0) is 5.56 Å². The van der Waals surface area contributed by atoms with E-state index in [0.29, 0.717) is 0 Å². The molecule has 1 N–H and O–H groups in total. The highest BCUT2D eigenvalue weighted by Gasteiger charge is 1.82. The molecule has 0 aliphatic rings. The minimum atomic E-state index is -1.21. The summed E-state index contributed by atoms with van der Waals surface area (Å²) in [5.74, 6) is -1.21. The zero-order valence-electron chi connectivity index (χ0n) is 10.7. The molecule has 0 amide bonds. The van der Waals surface area contributed by atoms with Crippen LogP contribution in [-0.2, 0) is 4.79 Å². The van der Waals surface area contributed by atoms with Crippen LogP contribution in [0.4, 0.5) is 0 Å². The monoisotopic (exact) mass is 182 g/mol. The normalized spacial score (nSPS) is 16.9. The molecule has 0 saturated heterocycles. The number of carbonyl (C=O) groups is 1. The molecule has 1 rings (SSSR count). The quantitative estimate of drug-likeness (QED) is 0.575. The van der Waals surface area contributed by atoms with Gasteiger partial charge in [-0.25, -0.2) is 4.79 Å². The first-order valence-electron chi connectivity index (χ1n) is 5.58. The maximum Gasteiger partial charge on any atom is 0.328 e. The third kappa shape index (κ3) is 3.91. The second kappa shape index (κ2) is 4.93. The number of allylic oxidation sites excluding steroid dienone is 2. The van der Waals surface area contributed by atoms with E-state index < -0.39 is 5.97 Å². The molecule has 66 valence electrons. The molecule has 0 atom stereocenters. The fraction of sp³-hybridized carbons (Fsp3) is 0. The molecule has 0 saturated carbocycles. The fourth-order valence-corrected chi connectivity index (χ4v) is 0.659. The second-order valence-corrected chi connectivity index (χ2v) is 2.15. The van der Waals surface area contributed by atoms with Crippen molar-refractivity contribution in [3.8, 4) is 0 Å². The van der Waals surface area contributed by atoms with E-state index in [2.05, 4.69) is 0 Å². The van der Waals surface area contributed by atoms with Crippen molar-refractivity contribution in [2.75, 3.05) is 0 Å². The number of aliphatic carboxylic acids is 1. The van der Waals surface area contributed by atoms with Crippen LogP contribution in [0.25, 0.3) is 6.05 Å². The Hall–Kier alpha value is -1.83.